The largest absolute Gasteiger partial charge is 0.461 e. The maximum Gasteiger partial charge on any atom is 0.237 e. The van der Waals surface area contributed by atoms with Crippen LogP contribution < -0.4 is 10.6 Å². The molecule has 0 radical (unpaired) electrons. The van der Waals surface area contributed by atoms with Gasteiger partial charge in [-0.15, -0.1) is 10.2 Å². The summed E-state index contributed by atoms with van der Waals surface area (Å²) in [7, 11) is 0. The van der Waals surface area contributed by atoms with Crippen molar-refractivity contribution in [2.24, 2.45) is 5.73 Å². The summed E-state index contributed by atoms with van der Waals surface area (Å²) >= 11 is 1.29. The van der Waals surface area contributed by atoms with Crippen molar-refractivity contribution in [3.05, 3.63) is 48.2 Å². The number of furan rings is 1. The Morgan fingerprint density at radius 3 is 2.82 bits per heavy atom. The molecule has 144 valence electrons. The quantitative estimate of drug-likeness (QED) is 0.612. The number of carbonyl (C=O) groups is 2. The first-order valence-corrected chi connectivity index (χ1v) is 9.88. The van der Waals surface area contributed by atoms with E-state index in [0.717, 1.165) is 12.1 Å². The van der Waals surface area contributed by atoms with E-state index in [0.29, 0.717) is 29.8 Å². The number of primary amides is 1. The van der Waals surface area contributed by atoms with Gasteiger partial charge in [-0.3, -0.25) is 14.2 Å². The van der Waals surface area contributed by atoms with Crippen LogP contribution in [0.1, 0.15) is 12.0 Å². The lowest BCUT2D eigenvalue weighted by Gasteiger charge is -2.17. The van der Waals surface area contributed by atoms with Crippen LogP contribution in [0.4, 0.5) is 5.69 Å². The topological polar surface area (TPSA) is 107 Å². The summed E-state index contributed by atoms with van der Waals surface area (Å²) in [6.07, 6.45) is 2.56. The molecule has 0 spiro atoms. The summed E-state index contributed by atoms with van der Waals surface area (Å²) in [4.78, 5) is 25.8. The Bertz CT molecular complexity index is 999. The van der Waals surface area contributed by atoms with Crippen LogP contribution in [0.2, 0.25) is 0 Å². The first-order chi connectivity index (χ1) is 13.6. The van der Waals surface area contributed by atoms with Gasteiger partial charge in [0.05, 0.1) is 12.0 Å². The molecule has 1 aliphatic heterocycles. The second-order valence-electron chi connectivity index (χ2n) is 6.36. The Morgan fingerprint density at radius 2 is 2.04 bits per heavy atom. The summed E-state index contributed by atoms with van der Waals surface area (Å²) in [5, 5.41) is 8.90. The highest BCUT2D eigenvalue weighted by Crippen LogP contribution is 2.29. The second kappa shape index (κ2) is 7.89. The summed E-state index contributed by atoms with van der Waals surface area (Å²) in [6.45, 7) is 1.01. The van der Waals surface area contributed by atoms with E-state index in [9.17, 15) is 9.59 Å². The van der Waals surface area contributed by atoms with Crippen LogP contribution in [-0.2, 0) is 22.6 Å². The van der Waals surface area contributed by atoms with Crippen LogP contribution in [0, 0.1) is 0 Å². The highest BCUT2D eigenvalue weighted by Gasteiger charge is 2.25. The van der Waals surface area contributed by atoms with E-state index in [1.165, 1.54) is 17.3 Å². The molecular formula is C19H19N5O3S. The molecular weight excluding hydrogens is 378 g/mol. The van der Waals surface area contributed by atoms with Gasteiger partial charge in [-0.25, -0.2) is 0 Å². The van der Waals surface area contributed by atoms with Crippen molar-refractivity contribution < 1.29 is 14.0 Å². The van der Waals surface area contributed by atoms with E-state index in [1.54, 1.807) is 27.9 Å². The molecule has 9 heteroatoms. The number of carbonyl (C=O) groups excluding carboxylic acids is 2. The Balaban J connectivity index is 1.50. The smallest absolute Gasteiger partial charge is 0.237 e. The number of benzene rings is 1. The number of aromatic nitrogens is 3. The van der Waals surface area contributed by atoms with Crippen molar-refractivity contribution in [2.45, 2.75) is 24.5 Å². The number of fused-ring (bicyclic) bond motifs is 1. The zero-order valence-corrected chi connectivity index (χ0v) is 15.9. The monoisotopic (exact) mass is 397 g/mol. The first-order valence-electron chi connectivity index (χ1n) is 8.90. The number of hydrogen-bond donors (Lipinski definition) is 1. The number of thioether (sulfide) groups is 1. The minimum absolute atomic E-state index is 0.0129. The normalized spacial score (nSPS) is 12.9. The molecule has 0 bridgehead atoms. The van der Waals surface area contributed by atoms with Gasteiger partial charge in [0.15, 0.2) is 16.7 Å². The SMILES string of the molecule is NC(=O)CCn1c(SCC(=O)N2CCc3ccccc32)nnc1-c1ccco1. The van der Waals surface area contributed by atoms with Crippen molar-refractivity contribution in [3.8, 4) is 11.6 Å². The molecule has 2 amide bonds. The third kappa shape index (κ3) is 3.65. The van der Waals surface area contributed by atoms with Gasteiger partial charge in [0.1, 0.15) is 0 Å². The molecule has 8 nitrogen and oxygen atoms in total. The van der Waals surface area contributed by atoms with Crippen LogP contribution in [0.5, 0.6) is 0 Å². The number of rotatable bonds is 7. The zero-order valence-electron chi connectivity index (χ0n) is 15.1. The molecule has 28 heavy (non-hydrogen) atoms. The summed E-state index contributed by atoms with van der Waals surface area (Å²) in [5.41, 5.74) is 7.45. The van der Waals surface area contributed by atoms with Gasteiger partial charge in [0.2, 0.25) is 11.8 Å². The van der Waals surface area contributed by atoms with E-state index in [2.05, 4.69) is 10.2 Å². The van der Waals surface area contributed by atoms with Crippen molar-refractivity contribution in [3.63, 3.8) is 0 Å². The molecule has 3 heterocycles. The van der Waals surface area contributed by atoms with Gasteiger partial charge in [0, 0.05) is 25.2 Å². The molecule has 1 aliphatic rings. The van der Waals surface area contributed by atoms with E-state index in [-0.39, 0.29) is 18.1 Å². The lowest BCUT2D eigenvalue weighted by molar-refractivity contribution is -0.118. The fraction of sp³-hybridized carbons (Fsp3) is 0.263. The van der Waals surface area contributed by atoms with Gasteiger partial charge in [-0.05, 0) is 30.2 Å². The van der Waals surface area contributed by atoms with E-state index >= 15 is 0 Å². The molecule has 0 fully saturated rings. The van der Waals surface area contributed by atoms with Crippen LogP contribution in [-0.4, -0.2) is 38.9 Å². The molecule has 2 N–H and O–H groups in total. The molecule has 0 saturated carbocycles. The zero-order chi connectivity index (χ0) is 19.5. The molecule has 4 rings (SSSR count). The molecule has 3 aromatic rings. The third-order valence-electron chi connectivity index (χ3n) is 4.55. The highest BCUT2D eigenvalue weighted by molar-refractivity contribution is 7.99. The van der Waals surface area contributed by atoms with Crippen LogP contribution in [0.15, 0.2) is 52.2 Å². The maximum atomic E-state index is 12.7. The summed E-state index contributed by atoms with van der Waals surface area (Å²) < 4.78 is 7.17. The predicted octanol–water partition coefficient (Wildman–Crippen LogP) is 2.09. The summed E-state index contributed by atoms with van der Waals surface area (Å²) in [6, 6.07) is 11.5. The fourth-order valence-electron chi connectivity index (χ4n) is 3.21. The standard InChI is InChI=1S/C19H19N5O3S/c20-16(25)8-10-24-18(15-6-3-11-27-15)21-22-19(24)28-12-17(26)23-9-7-13-4-1-2-5-14(13)23/h1-6,11H,7-10,12H2,(H2,20,25). The van der Waals surface area contributed by atoms with Crippen molar-refractivity contribution in [1.82, 2.24) is 14.8 Å². The first kappa shape index (κ1) is 18.3. The molecule has 0 atom stereocenters. The number of hydrogen-bond acceptors (Lipinski definition) is 6. The Hall–Kier alpha value is -3.07. The van der Waals surface area contributed by atoms with E-state index in [4.69, 9.17) is 10.2 Å². The van der Waals surface area contributed by atoms with Crippen LogP contribution in [0.3, 0.4) is 0 Å². The van der Waals surface area contributed by atoms with Gasteiger partial charge in [-0.1, -0.05) is 30.0 Å². The minimum atomic E-state index is -0.417. The van der Waals surface area contributed by atoms with Crippen molar-refractivity contribution in [1.29, 1.82) is 0 Å². The van der Waals surface area contributed by atoms with Gasteiger partial charge < -0.3 is 15.1 Å². The van der Waals surface area contributed by atoms with Crippen LogP contribution >= 0.6 is 11.8 Å². The number of anilines is 1. The second-order valence-corrected chi connectivity index (χ2v) is 7.31. The summed E-state index contributed by atoms with van der Waals surface area (Å²) in [5.74, 6) is 0.872. The minimum Gasteiger partial charge on any atom is -0.461 e. The number of amides is 2. The molecule has 0 aliphatic carbocycles. The number of para-hydroxylation sites is 1. The lowest BCUT2D eigenvalue weighted by Crippen LogP contribution is -2.30. The average molecular weight is 397 g/mol. The molecule has 2 aromatic heterocycles. The third-order valence-corrected chi connectivity index (χ3v) is 5.50. The lowest BCUT2D eigenvalue weighted by atomic mass is 10.2. The molecule has 0 unspecified atom stereocenters. The van der Waals surface area contributed by atoms with E-state index in [1.807, 2.05) is 24.3 Å². The van der Waals surface area contributed by atoms with E-state index < -0.39 is 5.91 Å². The molecule has 0 saturated heterocycles. The van der Waals surface area contributed by atoms with Gasteiger partial charge >= 0.3 is 0 Å². The highest BCUT2D eigenvalue weighted by atomic mass is 32.2. The Kier molecular flexibility index (Phi) is 5.16. The average Bonchev–Trinajstić information content (AvgIpc) is 3.43. The van der Waals surface area contributed by atoms with Crippen molar-refractivity contribution >= 4 is 29.3 Å². The van der Waals surface area contributed by atoms with Crippen molar-refractivity contribution in [2.75, 3.05) is 17.2 Å². The predicted molar refractivity (Wildman–Crippen MR) is 105 cm³/mol. The Morgan fingerprint density at radius 1 is 1.18 bits per heavy atom. The molecule has 1 aromatic carbocycles. The van der Waals surface area contributed by atoms with Gasteiger partial charge in [-0.2, -0.15) is 0 Å². The Labute approximate surface area is 165 Å². The number of nitrogens with zero attached hydrogens (tertiary/aromatic N) is 4. The number of nitrogens with two attached hydrogens (primary N) is 1. The maximum absolute atomic E-state index is 12.7. The fourth-order valence-corrected chi connectivity index (χ4v) is 4.05. The van der Waals surface area contributed by atoms with Crippen LogP contribution in [0.25, 0.3) is 11.6 Å². The van der Waals surface area contributed by atoms with Gasteiger partial charge in [0.25, 0.3) is 0 Å².